The van der Waals surface area contributed by atoms with E-state index in [1.807, 2.05) is 0 Å². The summed E-state index contributed by atoms with van der Waals surface area (Å²) in [6.07, 6.45) is -0.103. The molecule has 3 nitrogen and oxygen atoms in total. The number of hydrogen-bond acceptors (Lipinski definition) is 3. The lowest BCUT2D eigenvalue weighted by Gasteiger charge is -2.08. The normalized spacial score (nSPS) is 10.2. The second kappa shape index (κ2) is 3.93. The molecule has 0 bridgehead atoms. The third kappa shape index (κ3) is 1.80. The van der Waals surface area contributed by atoms with Crippen molar-refractivity contribution in [3.05, 3.63) is 23.5 Å². The van der Waals surface area contributed by atoms with Crippen LogP contribution in [0.25, 0.3) is 0 Å². The highest BCUT2D eigenvalue weighted by atomic mass is 19.3. The summed E-state index contributed by atoms with van der Waals surface area (Å²) in [6.45, 7) is 0. The number of aromatic nitrogens is 1. The van der Waals surface area contributed by atoms with Crippen LogP contribution in [0.4, 0.5) is 8.78 Å². The maximum Gasteiger partial charge on any atom is 0.268 e. The molecule has 1 rings (SSSR count). The molecule has 1 aromatic rings. The number of nitrogens with zero attached hydrogens (tertiary/aromatic N) is 1. The molecular weight excluding hydrogens is 180 g/mol. The molecule has 1 aromatic heterocycles. The molecule has 0 aromatic carbocycles. The molecule has 0 unspecified atom stereocenters. The van der Waals surface area contributed by atoms with Gasteiger partial charge in [-0.2, -0.15) is 0 Å². The van der Waals surface area contributed by atoms with E-state index in [-0.39, 0.29) is 16.9 Å². The highest BCUT2D eigenvalue weighted by Crippen LogP contribution is 2.29. The van der Waals surface area contributed by atoms with Crippen molar-refractivity contribution in [1.82, 2.24) is 4.98 Å². The van der Waals surface area contributed by atoms with Crippen LogP contribution in [0.3, 0.4) is 0 Å². The first-order valence-electron chi connectivity index (χ1n) is 3.46. The molecule has 0 amide bonds. The summed E-state index contributed by atoms with van der Waals surface area (Å²) in [5.41, 5.74) is -0.340. The number of methoxy groups -OCH3 is 1. The van der Waals surface area contributed by atoms with Crippen LogP contribution >= 0.6 is 0 Å². The highest BCUT2D eigenvalue weighted by Gasteiger charge is 2.16. The average Bonchev–Trinajstić information content (AvgIpc) is 2.16. The Labute approximate surface area is 73.4 Å². The van der Waals surface area contributed by atoms with Crippen LogP contribution in [0.2, 0.25) is 0 Å². The van der Waals surface area contributed by atoms with Gasteiger partial charge in [0.05, 0.1) is 18.2 Å². The van der Waals surface area contributed by atoms with E-state index in [0.29, 0.717) is 6.29 Å². The number of aldehydes is 1. The molecule has 0 aliphatic heterocycles. The van der Waals surface area contributed by atoms with Gasteiger partial charge in [0.1, 0.15) is 5.75 Å². The predicted molar refractivity (Wildman–Crippen MR) is 41.1 cm³/mol. The number of ether oxygens (including phenoxy) is 1. The Balaban J connectivity index is 3.26. The molecule has 1 heterocycles. The van der Waals surface area contributed by atoms with Gasteiger partial charge in [-0.15, -0.1) is 0 Å². The quantitative estimate of drug-likeness (QED) is 0.677. The van der Waals surface area contributed by atoms with E-state index < -0.39 is 6.43 Å². The summed E-state index contributed by atoms with van der Waals surface area (Å²) in [7, 11) is 1.23. The molecule has 0 atom stereocenters. The Morgan fingerprint density at radius 3 is 2.69 bits per heavy atom. The van der Waals surface area contributed by atoms with Crippen molar-refractivity contribution in [2.45, 2.75) is 6.43 Å². The van der Waals surface area contributed by atoms with E-state index in [1.165, 1.54) is 13.3 Å². The fourth-order valence-corrected chi connectivity index (χ4v) is 0.957. The van der Waals surface area contributed by atoms with Gasteiger partial charge in [0.2, 0.25) is 0 Å². The van der Waals surface area contributed by atoms with Crippen LogP contribution in [-0.4, -0.2) is 18.4 Å². The molecule has 13 heavy (non-hydrogen) atoms. The molecule has 0 saturated heterocycles. The van der Waals surface area contributed by atoms with Crippen molar-refractivity contribution in [2.75, 3.05) is 7.11 Å². The highest BCUT2D eigenvalue weighted by molar-refractivity contribution is 5.79. The average molecular weight is 187 g/mol. The largest absolute Gasteiger partial charge is 0.495 e. The number of hydrogen-bond donors (Lipinski definition) is 0. The second-order valence-corrected chi connectivity index (χ2v) is 2.27. The predicted octanol–water partition coefficient (Wildman–Crippen LogP) is 1.84. The van der Waals surface area contributed by atoms with Crippen LogP contribution in [0.1, 0.15) is 22.3 Å². The molecule has 0 aliphatic carbocycles. The lowest BCUT2D eigenvalue weighted by Crippen LogP contribution is -1.98. The fourth-order valence-electron chi connectivity index (χ4n) is 0.957. The van der Waals surface area contributed by atoms with E-state index in [1.54, 1.807) is 0 Å². The zero-order valence-electron chi connectivity index (χ0n) is 6.83. The van der Waals surface area contributed by atoms with Crippen LogP contribution in [0, 0.1) is 0 Å². The van der Waals surface area contributed by atoms with Gasteiger partial charge in [0.25, 0.3) is 6.43 Å². The first-order valence-corrected chi connectivity index (χ1v) is 3.46. The maximum absolute atomic E-state index is 12.3. The minimum Gasteiger partial charge on any atom is -0.495 e. The van der Waals surface area contributed by atoms with Gasteiger partial charge in [0, 0.05) is 12.4 Å². The van der Waals surface area contributed by atoms with Crippen LogP contribution in [0.15, 0.2) is 12.4 Å². The minimum absolute atomic E-state index is 0.0281. The Morgan fingerprint density at radius 2 is 2.23 bits per heavy atom. The Morgan fingerprint density at radius 1 is 1.54 bits per heavy atom. The number of pyridine rings is 1. The smallest absolute Gasteiger partial charge is 0.268 e. The molecule has 0 N–H and O–H groups in total. The number of rotatable bonds is 3. The second-order valence-electron chi connectivity index (χ2n) is 2.27. The van der Waals surface area contributed by atoms with Crippen LogP contribution < -0.4 is 4.74 Å². The summed E-state index contributed by atoms with van der Waals surface area (Å²) in [6, 6.07) is 0. The van der Waals surface area contributed by atoms with Gasteiger partial charge in [0.15, 0.2) is 6.29 Å². The number of alkyl halides is 2. The van der Waals surface area contributed by atoms with Crippen molar-refractivity contribution in [3.8, 4) is 5.75 Å². The SMILES string of the molecule is COc1c(C=O)cncc1C(F)F. The van der Waals surface area contributed by atoms with Crippen molar-refractivity contribution in [2.24, 2.45) is 0 Å². The van der Waals surface area contributed by atoms with E-state index in [9.17, 15) is 13.6 Å². The molecule has 0 radical (unpaired) electrons. The van der Waals surface area contributed by atoms with Gasteiger partial charge in [-0.3, -0.25) is 9.78 Å². The van der Waals surface area contributed by atoms with Gasteiger partial charge in [-0.1, -0.05) is 0 Å². The van der Waals surface area contributed by atoms with Crippen LogP contribution in [-0.2, 0) is 0 Å². The fraction of sp³-hybridized carbons (Fsp3) is 0.250. The molecule has 0 spiro atoms. The molecule has 0 saturated carbocycles. The summed E-state index contributed by atoms with van der Waals surface area (Å²) in [4.78, 5) is 13.9. The van der Waals surface area contributed by atoms with E-state index >= 15 is 0 Å². The Bertz CT molecular complexity index is 315. The topological polar surface area (TPSA) is 39.2 Å². The van der Waals surface area contributed by atoms with E-state index in [0.717, 1.165) is 6.20 Å². The monoisotopic (exact) mass is 187 g/mol. The van der Waals surface area contributed by atoms with Crippen molar-refractivity contribution >= 4 is 6.29 Å². The first kappa shape index (κ1) is 9.57. The standard InChI is InChI=1S/C8H7F2NO2/c1-13-7-5(4-12)2-11-3-6(7)8(9)10/h2-4,8H,1H3. The minimum atomic E-state index is -2.69. The van der Waals surface area contributed by atoms with Gasteiger partial charge < -0.3 is 4.74 Å². The third-order valence-corrected chi connectivity index (χ3v) is 1.52. The number of halogens is 2. The molecule has 0 aliphatic rings. The molecular formula is C8H7F2NO2. The third-order valence-electron chi connectivity index (χ3n) is 1.52. The van der Waals surface area contributed by atoms with Crippen molar-refractivity contribution < 1.29 is 18.3 Å². The van der Waals surface area contributed by atoms with Gasteiger partial charge in [-0.05, 0) is 0 Å². The van der Waals surface area contributed by atoms with E-state index in [2.05, 4.69) is 9.72 Å². The zero-order chi connectivity index (χ0) is 9.84. The summed E-state index contributed by atoms with van der Waals surface area (Å²) >= 11 is 0. The van der Waals surface area contributed by atoms with Crippen molar-refractivity contribution in [1.29, 1.82) is 0 Å². The van der Waals surface area contributed by atoms with Gasteiger partial charge >= 0.3 is 0 Å². The lowest BCUT2D eigenvalue weighted by atomic mass is 10.2. The van der Waals surface area contributed by atoms with Gasteiger partial charge in [-0.25, -0.2) is 8.78 Å². The van der Waals surface area contributed by atoms with Crippen LogP contribution in [0.5, 0.6) is 5.75 Å². The summed E-state index contributed by atoms with van der Waals surface area (Å²) in [5.74, 6) is -0.111. The van der Waals surface area contributed by atoms with E-state index in [4.69, 9.17) is 0 Å². The zero-order valence-corrected chi connectivity index (χ0v) is 6.83. The molecule has 0 fully saturated rings. The Hall–Kier alpha value is -1.52. The summed E-state index contributed by atoms with van der Waals surface area (Å²) < 4.78 is 29.3. The molecule has 5 heteroatoms. The molecule has 70 valence electrons. The van der Waals surface area contributed by atoms with Crippen molar-refractivity contribution in [3.63, 3.8) is 0 Å². The number of carbonyl (C=O) groups is 1. The first-order chi connectivity index (χ1) is 6.20. The Kier molecular flexibility index (Phi) is 2.89. The maximum atomic E-state index is 12.3. The summed E-state index contributed by atoms with van der Waals surface area (Å²) in [5, 5.41) is 0. The lowest BCUT2D eigenvalue weighted by molar-refractivity contribution is 0.111. The number of carbonyl (C=O) groups excluding carboxylic acids is 1.